The molecule has 0 fully saturated rings. The van der Waals surface area contributed by atoms with E-state index in [0.717, 1.165) is 11.9 Å². The highest BCUT2D eigenvalue weighted by Crippen LogP contribution is 2.23. The molecule has 0 atom stereocenters. The van der Waals surface area contributed by atoms with Gasteiger partial charge in [0.1, 0.15) is 6.33 Å². The first-order valence-corrected chi connectivity index (χ1v) is 6.88. The molecule has 0 saturated carbocycles. The lowest BCUT2D eigenvalue weighted by Crippen LogP contribution is -2.16. The summed E-state index contributed by atoms with van der Waals surface area (Å²) in [5.74, 6) is -0.411. The van der Waals surface area contributed by atoms with E-state index in [2.05, 4.69) is 15.3 Å². The molecule has 0 N–H and O–H groups in total. The summed E-state index contributed by atoms with van der Waals surface area (Å²) >= 11 is 0. The Bertz CT molecular complexity index is 726. The Morgan fingerprint density at radius 2 is 1.74 bits per heavy atom. The highest BCUT2D eigenvalue weighted by molar-refractivity contribution is 7.90. The smallest absolute Gasteiger partial charge is 0.199 e. The van der Waals surface area contributed by atoms with Gasteiger partial charge in [0.2, 0.25) is 0 Å². The van der Waals surface area contributed by atoms with E-state index in [1.54, 1.807) is 26.0 Å². The molecule has 1 aromatic heterocycles. The minimum Gasteiger partial charge on any atom is -0.199 e. The number of nitroso groups, excluding NO2 is 1. The summed E-state index contributed by atoms with van der Waals surface area (Å²) < 4.78 is 25.5. The molecule has 1 aromatic carbocycles. The summed E-state index contributed by atoms with van der Waals surface area (Å²) in [5.41, 5.74) is 2.21. The van der Waals surface area contributed by atoms with Crippen LogP contribution in [0.5, 0.6) is 0 Å². The zero-order valence-electron chi connectivity index (χ0n) is 10.7. The van der Waals surface area contributed by atoms with Gasteiger partial charge in [-0.2, -0.15) is 13.4 Å². The molecule has 0 amide bonds. The lowest BCUT2D eigenvalue weighted by atomic mass is 10.1. The fraction of sp³-hybridized carbons (Fsp3) is 0.273. The van der Waals surface area contributed by atoms with E-state index in [1.807, 2.05) is 6.92 Å². The molecule has 0 aliphatic carbocycles. The zero-order valence-corrected chi connectivity index (χ0v) is 11.5. The van der Waals surface area contributed by atoms with Gasteiger partial charge in [-0.1, -0.05) is 17.7 Å². The Balaban J connectivity index is 2.66. The molecule has 0 saturated heterocycles. The predicted octanol–water partition coefficient (Wildman–Crippen LogP) is 1.84. The van der Waals surface area contributed by atoms with E-state index in [-0.39, 0.29) is 4.90 Å². The van der Waals surface area contributed by atoms with Crippen LogP contribution in [-0.4, -0.2) is 22.6 Å². The first-order valence-electron chi connectivity index (χ1n) is 5.44. The fourth-order valence-corrected chi connectivity index (χ4v) is 3.54. The molecule has 0 unspecified atom stereocenters. The number of aryl methyl sites for hydroxylation is 3. The summed E-state index contributed by atoms with van der Waals surface area (Å²) in [6.07, 6.45) is 0.963. The molecule has 0 radical (unpaired) electrons. The third-order valence-electron chi connectivity index (χ3n) is 2.65. The highest BCUT2D eigenvalue weighted by Gasteiger charge is 2.23. The van der Waals surface area contributed by atoms with Crippen molar-refractivity contribution in [1.82, 2.24) is 14.2 Å². The molecule has 0 spiro atoms. The maximum Gasteiger partial charge on any atom is 0.310 e. The fourth-order valence-electron chi connectivity index (χ4n) is 2.07. The number of rotatable bonds is 3. The second-order valence-corrected chi connectivity index (χ2v) is 5.97. The van der Waals surface area contributed by atoms with Crippen LogP contribution in [0.3, 0.4) is 0 Å². The van der Waals surface area contributed by atoms with Crippen LogP contribution in [0.4, 0.5) is 5.95 Å². The first-order chi connectivity index (χ1) is 8.86. The van der Waals surface area contributed by atoms with Crippen LogP contribution < -0.4 is 0 Å². The van der Waals surface area contributed by atoms with E-state index in [1.165, 1.54) is 0 Å². The summed E-state index contributed by atoms with van der Waals surface area (Å²) in [6, 6.07) is 3.55. The molecule has 2 rings (SSSR count). The third-order valence-corrected chi connectivity index (χ3v) is 4.48. The molecule has 7 nitrogen and oxygen atoms in total. The Labute approximate surface area is 110 Å². The van der Waals surface area contributed by atoms with Gasteiger partial charge in [0, 0.05) is 5.18 Å². The summed E-state index contributed by atoms with van der Waals surface area (Å²) in [4.78, 5) is 13.9. The highest BCUT2D eigenvalue weighted by atomic mass is 32.2. The second kappa shape index (κ2) is 4.54. The van der Waals surface area contributed by atoms with Gasteiger partial charge in [0.25, 0.3) is 10.0 Å². The number of aromatic nitrogens is 3. The molecule has 2 aromatic rings. The van der Waals surface area contributed by atoms with Crippen LogP contribution in [0, 0.1) is 25.7 Å². The predicted molar refractivity (Wildman–Crippen MR) is 68.7 cm³/mol. The van der Waals surface area contributed by atoms with Crippen molar-refractivity contribution in [3.05, 3.63) is 40.1 Å². The molecule has 8 heteroatoms. The monoisotopic (exact) mass is 280 g/mol. The molecule has 0 aliphatic rings. The van der Waals surface area contributed by atoms with Crippen molar-refractivity contribution in [2.75, 3.05) is 0 Å². The Morgan fingerprint density at radius 1 is 1.16 bits per heavy atom. The zero-order chi connectivity index (χ0) is 14.2. The Hall–Kier alpha value is -2.09. The minimum absolute atomic E-state index is 0.167. The largest absolute Gasteiger partial charge is 0.310 e. The third kappa shape index (κ3) is 2.26. The first kappa shape index (κ1) is 13.3. The SMILES string of the molecule is Cc1cc(C)c(S(=O)(=O)n2cnc(N=O)n2)c(C)c1. The quantitative estimate of drug-likeness (QED) is 0.799. The van der Waals surface area contributed by atoms with Gasteiger partial charge in [-0.05, 0) is 31.9 Å². The summed E-state index contributed by atoms with van der Waals surface area (Å²) in [6.45, 7) is 5.31. The van der Waals surface area contributed by atoms with Crippen molar-refractivity contribution in [2.24, 2.45) is 5.18 Å². The van der Waals surface area contributed by atoms with Crippen LogP contribution in [0.15, 0.2) is 28.5 Å². The van der Waals surface area contributed by atoms with Gasteiger partial charge in [0.05, 0.1) is 4.90 Å². The Kier molecular flexibility index (Phi) is 3.19. The molecular weight excluding hydrogens is 268 g/mol. The molecule has 1 heterocycles. The Morgan fingerprint density at radius 3 is 2.21 bits per heavy atom. The van der Waals surface area contributed by atoms with E-state index in [4.69, 9.17) is 0 Å². The van der Waals surface area contributed by atoms with Crippen molar-refractivity contribution < 1.29 is 8.42 Å². The van der Waals surface area contributed by atoms with Gasteiger partial charge in [-0.3, -0.25) is 0 Å². The summed E-state index contributed by atoms with van der Waals surface area (Å²) in [7, 11) is -3.86. The average Bonchev–Trinajstić information content (AvgIpc) is 2.75. The van der Waals surface area contributed by atoms with Crippen LogP contribution in [0.2, 0.25) is 0 Å². The van der Waals surface area contributed by atoms with Crippen LogP contribution in [0.25, 0.3) is 0 Å². The topological polar surface area (TPSA) is 94.3 Å². The summed E-state index contributed by atoms with van der Waals surface area (Å²) in [5, 5.41) is 6.02. The number of benzene rings is 1. The molecule has 19 heavy (non-hydrogen) atoms. The van der Waals surface area contributed by atoms with Crippen molar-refractivity contribution in [3.63, 3.8) is 0 Å². The van der Waals surface area contributed by atoms with Crippen molar-refractivity contribution in [1.29, 1.82) is 0 Å². The number of hydrogen-bond acceptors (Lipinski definition) is 6. The number of hydrogen-bond donors (Lipinski definition) is 0. The van der Waals surface area contributed by atoms with Crippen molar-refractivity contribution in [2.45, 2.75) is 25.7 Å². The van der Waals surface area contributed by atoms with E-state index >= 15 is 0 Å². The average molecular weight is 280 g/mol. The van der Waals surface area contributed by atoms with E-state index in [9.17, 15) is 13.3 Å². The molecular formula is C11H12N4O3S. The van der Waals surface area contributed by atoms with Gasteiger partial charge in [0.15, 0.2) is 0 Å². The van der Waals surface area contributed by atoms with Crippen molar-refractivity contribution in [3.8, 4) is 0 Å². The van der Waals surface area contributed by atoms with Crippen LogP contribution in [-0.2, 0) is 10.0 Å². The normalized spacial score (nSPS) is 11.5. The molecule has 0 bridgehead atoms. The maximum absolute atomic E-state index is 12.4. The second-order valence-electron chi connectivity index (χ2n) is 4.24. The molecule has 100 valence electrons. The van der Waals surface area contributed by atoms with Gasteiger partial charge < -0.3 is 0 Å². The maximum atomic E-state index is 12.4. The molecule has 0 aliphatic heterocycles. The minimum atomic E-state index is -3.86. The standard InChI is InChI=1S/C11H12N4O3S/c1-7-4-8(2)10(9(3)5-7)19(17,18)15-6-12-11(13-15)14-16/h4-6H,1-3H3. The van der Waals surface area contributed by atoms with E-state index < -0.39 is 16.0 Å². The van der Waals surface area contributed by atoms with E-state index in [0.29, 0.717) is 15.2 Å². The van der Waals surface area contributed by atoms with Crippen LogP contribution in [0.1, 0.15) is 16.7 Å². The van der Waals surface area contributed by atoms with Gasteiger partial charge >= 0.3 is 5.95 Å². The number of nitrogens with zero attached hydrogens (tertiary/aromatic N) is 4. The van der Waals surface area contributed by atoms with Crippen molar-refractivity contribution >= 4 is 16.0 Å². The lowest BCUT2D eigenvalue weighted by molar-refractivity contribution is 0.578. The van der Waals surface area contributed by atoms with Crippen LogP contribution >= 0.6 is 0 Å². The lowest BCUT2D eigenvalue weighted by Gasteiger charge is -2.11. The van der Waals surface area contributed by atoms with Gasteiger partial charge in [-0.25, -0.2) is 0 Å². The van der Waals surface area contributed by atoms with Gasteiger partial charge in [-0.15, -0.1) is 14.1 Å².